The van der Waals surface area contributed by atoms with Crippen molar-refractivity contribution in [2.24, 2.45) is 0 Å². The van der Waals surface area contributed by atoms with Gasteiger partial charge in [0, 0.05) is 13.0 Å². The number of carbonyl (C=O) groups excluding carboxylic acids is 1. The quantitative estimate of drug-likeness (QED) is 0.803. The number of Topliss-reactive ketones (excluding diaryl/α,β-unsaturated/α-hetero) is 1. The van der Waals surface area contributed by atoms with Crippen molar-refractivity contribution in [2.75, 3.05) is 7.05 Å². The Balaban J connectivity index is 1.98. The van der Waals surface area contributed by atoms with E-state index in [-0.39, 0.29) is 11.9 Å². The number of hydrogen-bond donors (Lipinski definition) is 0. The van der Waals surface area contributed by atoms with Crippen LogP contribution in [0.2, 0.25) is 0 Å². The summed E-state index contributed by atoms with van der Waals surface area (Å²) in [4.78, 5) is 13.9. The van der Waals surface area contributed by atoms with Gasteiger partial charge < -0.3 is 0 Å². The molecule has 92 valence electrons. The van der Waals surface area contributed by atoms with Crippen molar-refractivity contribution in [2.45, 2.75) is 38.3 Å². The summed E-state index contributed by atoms with van der Waals surface area (Å²) in [6.07, 6.45) is 3.82. The third-order valence-electron chi connectivity index (χ3n) is 3.40. The molecular formula is C14H18FNO. The average Bonchev–Trinajstić information content (AvgIpc) is 2.32. The van der Waals surface area contributed by atoms with Crippen molar-refractivity contribution in [3.8, 4) is 0 Å². The summed E-state index contributed by atoms with van der Waals surface area (Å²) in [7, 11) is 1.97. The molecule has 0 N–H and O–H groups in total. The highest BCUT2D eigenvalue weighted by Crippen LogP contribution is 2.20. The Morgan fingerprint density at radius 3 is 2.65 bits per heavy atom. The van der Waals surface area contributed by atoms with Crippen LogP contribution in [0.1, 0.15) is 31.2 Å². The second-order valence-corrected chi connectivity index (χ2v) is 4.77. The van der Waals surface area contributed by atoms with Gasteiger partial charge in [0.05, 0.1) is 6.04 Å². The van der Waals surface area contributed by atoms with E-state index in [1.54, 1.807) is 12.1 Å². The summed E-state index contributed by atoms with van der Waals surface area (Å²) in [5.41, 5.74) is 1.05. The molecule has 1 unspecified atom stereocenters. The van der Waals surface area contributed by atoms with E-state index in [0.29, 0.717) is 18.7 Å². The molecule has 0 aliphatic heterocycles. The third-order valence-corrected chi connectivity index (χ3v) is 3.40. The van der Waals surface area contributed by atoms with Crippen LogP contribution in [0, 0.1) is 5.82 Å². The number of nitrogens with zero attached hydrogens (tertiary/aromatic N) is 1. The molecule has 2 rings (SSSR count). The molecule has 0 amide bonds. The monoisotopic (exact) mass is 235 g/mol. The molecule has 1 aromatic rings. The van der Waals surface area contributed by atoms with Crippen LogP contribution in [0.3, 0.4) is 0 Å². The largest absolute Gasteiger partial charge is 0.298 e. The number of likely N-dealkylation sites (N-methyl/N-ethyl adjacent to an activating group) is 1. The van der Waals surface area contributed by atoms with E-state index in [1.165, 1.54) is 12.1 Å². The maximum Gasteiger partial charge on any atom is 0.149 e. The predicted octanol–water partition coefficient (Wildman–Crippen LogP) is 2.77. The number of hydrogen-bond acceptors (Lipinski definition) is 2. The van der Waals surface area contributed by atoms with E-state index >= 15 is 0 Å². The highest BCUT2D eigenvalue weighted by molar-refractivity contribution is 5.84. The van der Waals surface area contributed by atoms with Gasteiger partial charge in [-0.2, -0.15) is 0 Å². The maximum absolute atomic E-state index is 12.8. The van der Waals surface area contributed by atoms with Crippen LogP contribution in [0.15, 0.2) is 24.3 Å². The molecule has 0 bridgehead atoms. The number of ketones is 1. The molecule has 0 aromatic heterocycles. The molecule has 1 aliphatic carbocycles. The first-order valence-corrected chi connectivity index (χ1v) is 6.14. The molecule has 1 aromatic carbocycles. The van der Waals surface area contributed by atoms with Gasteiger partial charge in [-0.15, -0.1) is 0 Å². The van der Waals surface area contributed by atoms with E-state index in [9.17, 15) is 9.18 Å². The second kappa shape index (κ2) is 5.41. The average molecular weight is 235 g/mol. The lowest BCUT2D eigenvalue weighted by molar-refractivity contribution is -0.125. The molecule has 0 spiro atoms. The van der Waals surface area contributed by atoms with Crippen molar-refractivity contribution in [1.82, 2.24) is 4.90 Å². The van der Waals surface area contributed by atoms with Crippen LogP contribution in [0.5, 0.6) is 0 Å². The van der Waals surface area contributed by atoms with Crippen LogP contribution in [-0.2, 0) is 11.3 Å². The fourth-order valence-electron chi connectivity index (χ4n) is 2.42. The zero-order chi connectivity index (χ0) is 12.3. The molecule has 3 heteroatoms. The summed E-state index contributed by atoms with van der Waals surface area (Å²) in [5.74, 6) is 0.131. The zero-order valence-electron chi connectivity index (χ0n) is 10.2. The molecular weight excluding hydrogens is 217 g/mol. The van der Waals surface area contributed by atoms with Gasteiger partial charge in [0.25, 0.3) is 0 Å². The summed E-state index contributed by atoms with van der Waals surface area (Å²) < 4.78 is 12.8. The van der Waals surface area contributed by atoms with Gasteiger partial charge in [-0.1, -0.05) is 18.6 Å². The second-order valence-electron chi connectivity index (χ2n) is 4.77. The minimum absolute atomic E-state index is 0.0498. The topological polar surface area (TPSA) is 20.3 Å². The first-order valence-electron chi connectivity index (χ1n) is 6.14. The van der Waals surface area contributed by atoms with Crippen LogP contribution in [0.25, 0.3) is 0 Å². The molecule has 1 aliphatic rings. The van der Waals surface area contributed by atoms with Gasteiger partial charge in [-0.05, 0) is 37.6 Å². The molecule has 1 atom stereocenters. The van der Waals surface area contributed by atoms with Crippen LogP contribution >= 0.6 is 0 Å². The van der Waals surface area contributed by atoms with Crippen molar-refractivity contribution in [3.05, 3.63) is 35.6 Å². The van der Waals surface area contributed by atoms with Crippen molar-refractivity contribution in [3.63, 3.8) is 0 Å². The van der Waals surface area contributed by atoms with Crippen molar-refractivity contribution in [1.29, 1.82) is 0 Å². The molecule has 0 heterocycles. The Labute approximate surface area is 101 Å². The lowest BCUT2D eigenvalue weighted by Crippen LogP contribution is -2.39. The van der Waals surface area contributed by atoms with E-state index < -0.39 is 0 Å². The summed E-state index contributed by atoms with van der Waals surface area (Å²) in [6.45, 7) is 0.705. The Hall–Kier alpha value is -1.22. The molecule has 0 radical (unpaired) electrons. The fraction of sp³-hybridized carbons (Fsp3) is 0.500. The minimum Gasteiger partial charge on any atom is -0.298 e. The molecule has 1 fully saturated rings. The number of benzene rings is 1. The van der Waals surface area contributed by atoms with Gasteiger partial charge in [-0.25, -0.2) is 4.39 Å². The van der Waals surface area contributed by atoms with Crippen LogP contribution < -0.4 is 0 Å². The van der Waals surface area contributed by atoms with Gasteiger partial charge in [-0.3, -0.25) is 9.69 Å². The SMILES string of the molecule is CN(Cc1ccc(F)cc1)C1CCCCC1=O. The van der Waals surface area contributed by atoms with Gasteiger partial charge >= 0.3 is 0 Å². The number of halogens is 1. The fourth-order valence-corrected chi connectivity index (χ4v) is 2.42. The van der Waals surface area contributed by atoms with E-state index in [2.05, 4.69) is 4.90 Å². The maximum atomic E-state index is 12.8. The smallest absolute Gasteiger partial charge is 0.149 e. The lowest BCUT2D eigenvalue weighted by atomic mass is 9.93. The van der Waals surface area contributed by atoms with Gasteiger partial charge in [0.15, 0.2) is 0 Å². The Morgan fingerprint density at radius 2 is 2.00 bits per heavy atom. The summed E-state index contributed by atoms with van der Waals surface area (Å²) in [5, 5.41) is 0. The Morgan fingerprint density at radius 1 is 1.29 bits per heavy atom. The van der Waals surface area contributed by atoms with Crippen LogP contribution in [-0.4, -0.2) is 23.8 Å². The van der Waals surface area contributed by atoms with Gasteiger partial charge in [0.1, 0.15) is 11.6 Å². The normalized spacial score (nSPS) is 20.9. The van der Waals surface area contributed by atoms with E-state index in [0.717, 1.165) is 24.8 Å². The van der Waals surface area contributed by atoms with Gasteiger partial charge in [0.2, 0.25) is 0 Å². The third kappa shape index (κ3) is 3.13. The summed E-state index contributed by atoms with van der Waals surface area (Å²) >= 11 is 0. The van der Waals surface area contributed by atoms with Crippen molar-refractivity contribution < 1.29 is 9.18 Å². The van der Waals surface area contributed by atoms with E-state index in [1.807, 2.05) is 7.05 Å². The Kier molecular flexibility index (Phi) is 3.89. The first kappa shape index (κ1) is 12.2. The molecule has 0 saturated heterocycles. The van der Waals surface area contributed by atoms with E-state index in [4.69, 9.17) is 0 Å². The molecule has 2 nitrogen and oxygen atoms in total. The van der Waals surface area contributed by atoms with Crippen molar-refractivity contribution >= 4 is 5.78 Å². The number of rotatable bonds is 3. The van der Waals surface area contributed by atoms with Crippen LogP contribution in [0.4, 0.5) is 4.39 Å². The predicted molar refractivity (Wildman–Crippen MR) is 65.1 cm³/mol. The first-order chi connectivity index (χ1) is 8.16. The highest BCUT2D eigenvalue weighted by atomic mass is 19.1. The zero-order valence-corrected chi connectivity index (χ0v) is 10.2. The summed E-state index contributed by atoms with van der Waals surface area (Å²) in [6, 6.07) is 6.53. The minimum atomic E-state index is -0.217. The standard InChI is InChI=1S/C14H18FNO/c1-16(13-4-2-3-5-14(13)17)10-11-6-8-12(15)9-7-11/h6-9,13H,2-5,10H2,1H3. The lowest BCUT2D eigenvalue weighted by Gasteiger charge is -2.29. The Bertz CT molecular complexity index is 388. The molecule has 17 heavy (non-hydrogen) atoms. The highest BCUT2D eigenvalue weighted by Gasteiger charge is 2.25. The molecule has 1 saturated carbocycles. The number of carbonyl (C=O) groups is 1.